The lowest BCUT2D eigenvalue weighted by atomic mass is 10.0. The summed E-state index contributed by atoms with van der Waals surface area (Å²) in [5.74, 6) is -0.0856. The van der Waals surface area contributed by atoms with Gasteiger partial charge in [-0.1, -0.05) is 36.7 Å². The van der Waals surface area contributed by atoms with Crippen molar-refractivity contribution < 1.29 is 14.4 Å². The first-order chi connectivity index (χ1) is 8.23. The van der Waals surface area contributed by atoms with Crippen LogP contribution in [0.5, 0.6) is 0 Å². The molecular formula is C12H23BrN2O3. The van der Waals surface area contributed by atoms with Gasteiger partial charge in [-0.25, -0.2) is 4.79 Å². The van der Waals surface area contributed by atoms with Gasteiger partial charge in [0.15, 0.2) is 0 Å². The lowest BCUT2D eigenvalue weighted by molar-refractivity contribution is -0.122. The van der Waals surface area contributed by atoms with Gasteiger partial charge in [-0.2, -0.15) is 0 Å². The number of primary amides is 1. The zero-order valence-corrected chi connectivity index (χ0v) is 13.1. The topological polar surface area (TPSA) is 89.3 Å². The van der Waals surface area contributed by atoms with Crippen molar-refractivity contribution in [1.82, 2.24) is 5.32 Å². The molecule has 0 aromatic heterocycles. The minimum absolute atomic E-state index is 0.289. The maximum Gasteiger partial charge on any atom is 0.318 e. The number of urea groups is 1. The summed E-state index contributed by atoms with van der Waals surface area (Å²) < 4.78 is -0.665. The molecule has 0 spiro atoms. The molecule has 0 radical (unpaired) electrons. The van der Waals surface area contributed by atoms with Gasteiger partial charge in [0.25, 0.3) is 0 Å². The molecule has 5 nitrogen and oxygen atoms in total. The molecule has 0 bridgehead atoms. The molecule has 0 fully saturated rings. The third-order valence-corrected chi connectivity index (χ3v) is 3.85. The Hall–Kier alpha value is -0.910. The second-order valence-corrected chi connectivity index (χ2v) is 5.46. The molecule has 0 aliphatic carbocycles. The fourth-order valence-corrected chi connectivity index (χ4v) is 1.25. The molecule has 0 aromatic rings. The van der Waals surface area contributed by atoms with E-state index >= 15 is 0 Å². The SMILES string of the molecule is CCC(Br)(CC)C(=O)NC(N)=O.CCCC(C)=O. The number of alkyl halides is 1. The van der Waals surface area contributed by atoms with Crippen LogP contribution in [-0.4, -0.2) is 22.0 Å². The van der Waals surface area contributed by atoms with Gasteiger partial charge in [-0.3, -0.25) is 10.1 Å². The summed E-state index contributed by atoms with van der Waals surface area (Å²) in [7, 11) is 0. The normalized spacial score (nSPS) is 10.1. The molecule has 0 rings (SSSR count). The van der Waals surface area contributed by atoms with Gasteiger partial charge >= 0.3 is 6.03 Å². The molecule has 0 aliphatic heterocycles. The van der Waals surface area contributed by atoms with Crippen LogP contribution in [0.15, 0.2) is 0 Å². The highest BCUT2D eigenvalue weighted by Gasteiger charge is 2.32. The number of carbonyl (C=O) groups excluding carboxylic acids is 3. The summed E-state index contributed by atoms with van der Waals surface area (Å²) in [6, 6.07) is -0.814. The fourth-order valence-electron chi connectivity index (χ4n) is 1.15. The van der Waals surface area contributed by atoms with E-state index < -0.39 is 10.4 Å². The van der Waals surface area contributed by atoms with Crippen molar-refractivity contribution in [2.45, 2.75) is 57.7 Å². The van der Waals surface area contributed by atoms with Crippen LogP contribution >= 0.6 is 15.9 Å². The van der Waals surface area contributed by atoms with Crippen molar-refractivity contribution in [1.29, 1.82) is 0 Å². The molecule has 0 atom stereocenters. The maximum absolute atomic E-state index is 11.3. The van der Waals surface area contributed by atoms with Crippen molar-refractivity contribution >= 4 is 33.7 Å². The summed E-state index contributed by atoms with van der Waals surface area (Å²) in [6.45, 7) is 7.34. The lowest BCUT2D eigenvalue weighted by Crippen LogP contribution is -2.46. The zero-order valence-electron chi connectivity index (χ0n) is 11.5. The number of nitrogens with one attached hydrogen (secondary N) is 1. The van der Waals surface area contributed by atoms with Gasteiger partial charge in [-0.15, -0.1) is 0 Å². The van der Waals surface area contributed by atoms with E-state index in [0.29, 0.717) is 12.8 Å². The number of rotatable bonds is 5. The van der Waals surface area contributed by atoms with Gasteiger partial charge in [0.05, 0.1) is 0 Å². The number of halogens is 1. The molecule has 3 N–H and O–H groups in total. The molecule has 0 aromatic carbocycles. The average Bonchev–Trinajstić information content (AvgIpc) is 2.27. The van der Waals surface area contributed by atoms with Crippen LogP contribution in [0.1, 0.15) is 53.4 Å². The minimum Gasteiger partial charge on any atom is -0.351 e. The second-order valence-electron chi connectivity index (χ2n) is 3.94. The Kier molecular flexibility index (Phi) is 10.9. The molecule has 0 unspecified atom stereocenters. The van der Waals surface area contributed by atoms with Crippen molar-refractivity contribution in [3.05, 3.63) is 0 Å². The standard InChI is InChI=1S/C7H13BrN2O2.C5H10O/c1-3-7(8,4-2)5(11)10-6(9)12;1-3-4-5(2)6/h3-4H2,1-2H3,(H3,9,10,11,12);3-4H2,1-2H3. The lowest BCUT2D eigenvalue weighted by Gasteiger charge is -2.21. The highest BCUT2D eigenvalue weighted by Crippen LogP contribution is 2.26. The van der Waals surface area contributed by atoms with E-state index in [9.17, 15) is 14.4 Å². The molecule has 6 heteroatoms. The van der Waals surface area contributed by atoms with Crippen molar-refractivity contribution in [2.24, 2.45) is 5.73 Å². The predicted octanol–water partition coefficient (Wildman–Crippen LogP) is 2.51. The highest BCUT2D eigenvalue weighted by molar-refractivity contribution is 9.10. The van der Waals surface area contributed by atoms with Crippen LogP contribution in [0.4, 0.5) is 4.79 Å². The smallest absolute Gasteiger partial charge is 0.318 e. The first-order valence-electron chi connectivity index (χ1n) is 6.02. The Morgan fingerprint density at radius 3 is 1.78 bits per heavy atom. The Balaban J connectivity index is 0. The Bertz CT molecular complexity index is 289. The van der Waals surface area contributed by atoms with Crippen molar-refractivity contribution in [2.75, 3.05) is 0 Å². The van der Waals surface area contributed by atoms with Crippen molar-refractivity contribution in [3.8, 4) is 0 Å². The molecular weight excluding hydrogens is 300 g/mol. The molecule has 3 amide bonds. The van der Waals surface area contributed by atoms with Gasteiger partial charge in [-0.05, 0) is 26.2 Å². The number of hydrogen-bond donors (Lipinski definition) is 2. The van der Waals surface area contributed by atoms with Crippen LogP contribution in [0, 0.1) is 0 Å². The van der Waals surface area contributed by atoms with E-state index in [4.69, 9.17) is 5.73 Å². The summed E-state index contributed by atoms with van der Waals surface area (Å²) >= 11 is 3.26. The number of hydrogen-bond acceptors (Lipinski definition) is 3. The summed E-state index contributed by atoms with van der Waals surface area (Å²) in [4.78, 5) is 31.7. The van der Waals surface area contributed by atoms with Gasteiger partial charge in [0, 0.05) is 6.42 Å². The molecule has 0 aliphatic rings. The third-order valence-electron chi connectivity index (χ3n) is 2.37. The Morgan fingerprint density at radius 1 is 1.17 bits per heavy atom. The van der Waals surface area contributed by atoms with E-state index in [1.807, 2.05) is 26.1 Å². The first kappa shape index (κ1) is 19.4. The number of nitrogens with two attached hydrogens (primary N) is 1. The summed E-state index contributed by atoms with van der Waals surface area (Å²) in [6.07, 6.45) is 2.94. The van der Waals surface area contributed by atoms with Gasteiger partial charge in [0.2, 0.25) is 5.91 Å². The quantitative estimate of drug-likeness (QED) is 0.762. The number of carbonyl (C=O) groups is 3. The largest absolute Gasteiger partial charge is 0.351 e. The molecule has 0 heterocycles. The molecule has 0 saturated carbocycles. The van der Waals surface area contributed by atoms with Crippen LogP contribution in [0.3, 0.4) is 0 Å². The van der Waals surface area contributed by atoms with Crippen LogP contribution in [0.2, 0.25) is 0 Å². The number of ketones is 1. The monoisotopic (exact) mass is 322 g/mol. The van der Waals surface area contributed by atoms with Crippen LogP contribution < -0.4 is 11.1 Å². The van der Waals surface area contributed by atoms with Crippen LogP contribution in [0.25, 0.3) is 0 Å². The summed E-state index contributed by atoms with van der Waals surface area (Å²) in [5, 5.41) is 2.04. The Labute approximate surface area is 117 Å². The predicted molar refractivity (Wildman–Crippen MR) is 75.6 cm³/mol. The van der Waals surface area contributed by atoms with Gasteiger partial charge < -0.3 is 10.5 Å². The van der Waals surface area contributed by atoms with Gasteiger partial charge in [0.1, 0.15) is 10.1 Å². The third kappa shape index (κ3) is 9.15. The molecule has 18 heavy (non-hydrogen) atoms. The van der Waals surface area contributed by atoms with Crippen molar-refractivity contribution in [3.63, 3.8) is 0 Å². The van der Waals surface area contributed by atoms with E-state index in [-0.39, 0.29) is 11.7 Å². The number of imide groups is 1. The van der Waals surface area contributed by atoms with E-state index in [2.05, 4.69) is 15.9 Å². The second kappa shape index (κ2) is 10.1. The van der Waals surface area contributed by atoms with E-state index in [1.165, 1.54) is 0 Å². The first-order valence-corrected chi connectivity index (χ1v) is 6.82. The fraction of sp³-hybridized carbons (Fsp3) is 0.750. The zero-order chi connectivity index (χ0) is 14.8. The maximum atomic E-state index is 11.3. The minimum atomic E-state index is -0.814. The Morgan fingerprint density at radius 2 is 1.61 bits per heavy atom. The molecule has 0 saturated heterocycles. The molecule has 106 valence electrons. The summed E-state index contributed by atoms with van der Waals surface area (Å²) in [5.41, 5.74) is 4.81. The number of Topliss-reactive ketones (excluding diaryl/α,β-unsaturated/α-hetero) is 1. The highest BCUT2D eigenvalue weighted by atomic mass is 79.9. The van der Waals surface area contributed by atoms with Crippen LogP contribution in [-0.2, 0) is 9.59 Å². The number of amides is 3. The average molecular weight is 323 g/mol. The van der Waals surface area contributed by atoms with E-state index in [0.717, 1.165) is 12.8 Å². The van der Waals surface area contributed by atoms with E-state index in [1.54, 1.807) is 6.92 Å².